The Balaban J connectivity index is 2.13. The molecule has 0 radical (unpaired) electrons. The first kappa shape index (κ1) is 15.3. The van der Waals surface area contributed by atoms with Crippen LogP contribution in [-0.4, -0.2) is 16.0 Å². The van der Waals surface area contributed by atoms with Crippen LogP contribution in [0.25, 0.3) is 12.2 Å². The lowest BCUT2D eigenvalue weighted by atomic mass is 10.1. The van der Waals surface area contributed by atoms with Crippen molar-refractivity contribution in [2.45, 2.75) is 26.3 Å². The van der Waals surface area contributed by atoms with E-state index < -0.39 is 5.54 Å². The second-order valence-corrected chi connectivity index (χ2v) is 5.58. The molecule has 0 aliphatic rings. The lowest BCUT2D eigenvalue weighted by Crippen LogP contribution is -2.40. The van der Waals surface area contributed by atoms with Gasteiger partial charge in [0.05, 0.1) is 5.54 Å². The maximum Gasteiger partial charge on any atom is 0.250 e. The van der Waals surface area contributed by atoms with Crippen LogP contribution in [0, 0.1) is 0 Å². The highest BCUT2D eigenvalue weighted by Crippen LogP contribution is 2.18. The van der Waals surface area contributed by atoms with Gasteiger partial charge in [-0.2, -0.15) is 4.98 Å². The summed E-state index contributed by atoms with van der Waals surface area (Å²) in [5.74, 6) is 0.648. The van der Waals surface area contributed by atoms with Gasteiger partial charge in [0.1, 0.15) is 0 Å². The zero-order valence-electron chi connectivity index (χ0n) is 12.1. The molecule has 0 saturated carbocycles. The molecule has 6 heteroatoms. The summed E-state index contributed by atoms with van der Waals surface area (Å²) in [5, 5.41) is 7.34. The van der Waals surface area contributed by atoms with Crippen LogP contribution in [0.3, 0.4) is 0 Å². The van der Waals surface area contributed by atoms with E-state index in [1.165, 1.54) is 6.92 Å². The Hall–Kier alpha value is -2.14. The highest BCUT2D eigenvalue weighted by molar-refractivity contribution is 6.30. The zero-order valence-corrected chi connectivity index (χ0v) is 12.8. The van der Waals surface area contributed by atoms with Crippen LogP contribution in [0.2, 0.25) is 5.02 Å². The van der Waals surface area contributed by atoms with Crippen molar-refractivity contribution in [2.75, 3.05) is 0 Å². The molecule has 1 N–H and O–H groups in total. The van der Waals surface area contributed by atoms with Crippen molar-refractivity contribution in [3.63, 3.8) is 0 Å². The van der Waals surface area contributed by atoms with Crippen LogP contribution in [-0.2, 0) is 10.3 Å². The lowest BCUT2D eigenvalue weighted by Gasteiger charge is -2.20. The Bertz CT molecular complexity index is 660. The van der Waals surface area contributed by atoms with Crippen molar-refractivity contribution < 1.29 is 9.32 Å². The molecule has 21 heavy (non-hydrogen) atoms. The van der Waals surface area contributed by atoms with Gasteiger partial charge in [0.25, 0.3) is 5.89 Å². The van der Waals surface area contributed by atoms with Gasteiger partial charge >= 0.3 is 0 Å². The molecular weight excluding hydrogens is 290 g/mol. The minimum atomic E-state index is -0.679. The molecule has 0 fully saturated rings. The van der Waals surface area contributed by atoms with E-state index in [1.54, 1.807) is 18.2 Å². The van der Waals surface area contributed by atoms with E-state index in [0.717, 1.165) is 5.56 Å². The number of hydrogen-bond acceptors (Lipinski definition) is 4. The maximum atomic E-state index is 11.2. The van der Waals surface area contributed by atoms with Crippen molar-refractivity contribution in [3.8, 4) is 0 Å². The molecule has 5 nitrogen and oxygen atoms in total. The molecule has 0 aliphatic carbocycles. The van der Waals surface area contributed by atoms with Gasteiger partial charge in [-0.1, -0.05) is 28.9 Å². The van der Waals surface area contributed by atoms with E-state index in [9.17, 15) is 4.79 Å². The minimum Gasteiger partial charge on any atom is -0.344 e. The largest absolute Gasteiger partial charge is 0.344 e. The third-order valence-electron chi connectivity index (χ3n) is 2.78. The second kappa shape index (κ2) is 6.10. The number of hydrogen-bond donors (Lipinski definition) is 1. The summed E-state index contributed by atoms with van der Waals surface area (Å²) in [6.07, 6.45) is 3.56. The summed E-state index contributed by atoms with van der Waals surface area (Å²) in [6, 6.07) is 7.38. The number of amides is 1. The van der Waals surface area contributed by atoms with Gasteiger partial charge in [-0.05, 0) is 37.6 Å². The molecule has 0 aliphatic heterocycles. The molecule has 0 unspecified atom stereocenters. The number of benzene rings is 1. The van der Waals surface area contributed by atoms with E-state index >= 15 is 0 Å². The topological polar surface area (TPSA) is 68.0 Å². The fourth-order valence-corrected chi connectivity index (χ4v) is 1.92. The third kappa shape index (κ3) is 4.16. The molecule has 0 spiro atoms. The lowest BCUT2D eigenvalue weighted by molar-refractivity contribution is -0.120. The third-order valence-corrected chi connectivity index (χ3v) is 3.03. The van der Waals surface area contributed by atoms with Crippen LogP contribution in [0.1, 0.15) is 38.0 Å². The van der Waals surface area contributed by atoms with Gasteiger partial charge in [-0.15, -0.1) is 0 Å². The van der Waals surface area contributed by atoms with E-state index in [4.69, 9.17) is 16.1 Å². The van der Waals surface area contributed by atoms with Gasteiger partial charge in [0.15, 0.2) is 5.82 Å². The molecule has 2 rings (SSSR count). The molecule has 0 saturated heterocycles. The van der Waals surface area contributed by atoms with Crippen LogP contribution < -0.4 is 5.32 Å². The van der Waals surface area contributed by atoms with Crippen LogP contribution in [0.15, 0.2) is 28.8 Å². The molecule has 110 valence electrons. The summed E-state index contributed by atoms with van der Waals surface area (Å²) >= 11 is 5.82. The van der Waals surface area contributed by atoms with E-state index in [2.05, 4.69) is 15.5 Å². The molecule has 1 aromatic heterocycles. The number of rotatable bonds is 4. The first-order valence-electron chi connectivity index (χ1n) is 6.43. The first-order valence-corrected chi connectivity index (χ1v) is 6.81. The van der Waals surface area contributed by atoms with Gasteiger partial charge in [-0.3, -0.25) is 4.79 Å². The fraction of sp³-hybridized carbons (Fsp3) is 0.267. The second-order valence-electron chi connectivity index (χ2n) is 5.15. The number of halogens is 1. The van der Waals surface area contributed by atoms with Gasteiger partial charge in [-0.25, -0.2) is 0 Å². The van der Waals surface area contributed by atoms with Gasteiger partial charge < -0.3 is 9.84 Å². The highest BCUT2D eigenvalue weighted by atomic mass is 35.5. The Kier molecular flexibility index (Phi) is 4.43. The number of carbonyl (C=O) groups is 1. The summed E-state index contributed by atoms with van der Waals surface area (Å²) < 4.78 is 5.15. The Morgan fingerprint density at radius 1 is 1.29 bits per heavy atom. The minimum absolute atomic E-state index is 0.150. The van der Waals surface area contributed by atoms with Gasteiger partial charge in [0.2, 0.25) is 5.91 Å². The molecule has 0 atom stereocenters. The van der Waals surface area contributed by atoms with Crippen LogP contribution >= 0.6 is 11.6 Å². The summed E-state index contributed by atoms with van der Waals surface area (Å²) in [4.78, 5) is 15.4. The molecule has 1 heterocycles. The number of aromatic nitrogens is 2. The smallest absolute Gasteiger partial charge is 0.250 e. The summed E-state index contributed by atoms with van der Waals surface area (Å²) in [7, 11) is 0. The Morgan fingerprint density at radius 3 is 2.57 bits per heavy atom. The van der Waals surface area contributed by atoms with E-state index in [-0.39, 0.29) is 5.91 Å². The summed E-state index contributed by atoms with van der Waals surface area (Å²) in [5.41, 5.74) is 0.294. The van der Waals surface area contributed by atoms with Crippen molar-refractivity contribution in [1.82, 2.24) is 15.5 Å². The predicted molar refractivity (Wildman–Crippen MR) is 81.5 cm³/mol. The Morgan fingerprint density at radius 2 is 1.95 bits per heavy atom. The SMILES string of the molecule is CC(=O)NC(C)(C)c1noc(/C=C/c2ccc(Cl)cc2)n1. The normalized spacial score (nSPS) is 11.8. The first-order chi connectivity index (χ1) is 9.87. The zero-order chi connectivity index (χ0) is 15.5. The van der Waals surface area contributed by atoms with Crippen molar-refractivity contribution in [2.24, 2.45) is 0 Å². The van der Waals surface area contributed by atoms with E-state index in [0.29, 0.717) is 16.7 Å². The molecule has 0 bridgehead atoms. The van der Waals surface area contributed by atoms with Crippen LogP contribution in [0.5, 0.6) is 0 Å². The van der Waals surface area contributed by atoms with Crippen LogP contribution in [0.4, 0.5) is 0 Å². The average Bonchev–Trinajstić information content (AvgIpc) is 2.86. The standard InChI is InChI=1S/C15H16ClN3O2/c1-10(20)18-15(2,3)14-17-13(21-19-14)9-6-11-4-7-12(16)8-5-11/h4-9H,1-3H3,(H,18,20)/b9-6+. The maximum absolute atomic E-state index is 11.2. The number of nitrogens with one attached hydrogen (secondary N) is 1. The molecule has 1 amide bonds. The highest BCUT2D eigenvalue weighted by Gasteiger charge is 2.27. The Labute approximate surface area is 128 Å². The quantitative estimate of drug-likeness (QED) is 0.941. The average molecular weight is 306 g/mol. The monoisotopic (exact) mass is 305 g/mol. The number of nitrogens with zero attached hydrogens (tertiary/aromatic N) is 2. The molecule has 2 aromatic rings. The fourth-order valence-electron chi connectivity index (χ4n) is 1.79. The predicted octanol–water partition coefficient (Wildman–Crippen LogP) is 3.26. The van der Waals surface area contributed by atoms with Crippen molar-refractivity contribution in [1.29, 1.82) is 0 Å². The molecular formula is C15H16ClN3O2. The summed E-state index contributed by atoms with van der Waals surface area (Å²) in [6.45, 7) is 5.07. The molecule has 1 aromatic carbocycles. The van der Waals surface area contributed by atoms with Crippen molar-refractivity contribution >= 4 is 29.7 Å². The van der Waals surface area contributed by atoms with E-state index in [1.807, 2.05) is 32.1 Å². The number of carbonyl (C=O) groups excluding carboxylic acids is 1. The van der Waals surface area contributed by atoms with Gasteiger partial charge in [0, 0.05) is 18.0 Å². The van der Waals surface area contributed by atoms with Crippen molar-refractivity contribution in [3.05, 3.63) is 46.6 Å².